The number of nitrogens with one attached hydrogen (secondary N) is 1. The standard InChI is InChI=1S/C29H29N5O5S/c1-37-23-7-5-6-20(18-23)27-31-32-29(39-27)40-19-26(35)30-21-10-12-22(13-11-21)33-14-16-34(17-15-33)28(36)24-8-3-4-9-25(24)38-2/h3-13,18H,14-17,19H2,1-2H3,(H,30,35). The average Bonchev–Trinajstić information content (AvgIpc) is 3.49. The molecule has 1 aliphatic rings. The number of anilines is 2. The monoisotopic (exact) mass is 559 g/mol. The van der Waals surface area contributed by atoms with E-state index >= 15 is 0 Å². The van der Waals surface area contributed by atoms with Crippen LogP contribution in [0, 0.1) is 0 Å². The number of ether oxygens (including phenoxy) is 2. The molecule has 1 saturated heterocycles. The first-order chi connectivity index (χ1) is 19.5. The van der Waals surface area contributed by atoms with Crippen LogP contribution in [0.2, 0.25) is 0 Å². The Balaban J connectivity index is 1.09. The molecule has 10 nitrogen and oxygen atoms in total. The summed E-state index contributed by atoms with van der Waals surface area (Å²) in [6, 6.07) is 22.3. The second-order valence-corrected chi connectivity index (χ2v) is 9.89. The second kappa shape index (κ2) is 12.6. The largest absolute Gasteiger partial charge is 0.497 e. The van der Waals surface area contributed by atoms with Crippen molar-refractivity contribution >= 4 is 35.0 Å². The summed E-state index contributed by atoms with van der Waals surface area (Å²) in [5.41, 5.74) is 3.05. The Morgan fingerprint density at radius 2 is 1.70 bits per heavy atom. The van der Waals surface area contributed by atoms with Gasteiger partial charge in [-0.3, -0.25) is 9.59 Å². The number of hydrogen-bond acceptors (Lipinski definition) is 9. The van der Waals surface area contributed by atoms with Crippen molar-refractivity contribution in [3.63, 3.8) is 0 Å². The third kappa shape index (κ3) is 6.37. The first-order valence-corrected chi connectivity index (χ1v) is 13.7. The van der Waals surface area contributed by atoms with Crippen LogP contribution in [0.4, 0.5) is 11.4 Å². The normalized spacial score (nSPS) is 13.2. The summed E-state index contributed by atoms with van der Waals surface area (Å²) >= 11 is 1.17. The van der Waals surface area contributed by atoms with Crippen LogP contribution in [0.5, 0.6) is 11.5 Å². The van der Waals surface area contributed by atoms with Crippen molar-refractivity contribution in [2.45, 2.75) is 5.22 Å². The molecule has 3 aromatic carbocycles. The lowest BCUT2D eigenvalue weighted by Crippen LogP contribution is -2.48. The van der Waals surface area contributed by atoms with Gasteiger partial charge in [-0.25, -0.2) is 0 Å². The molecule has 0 saturated carbocycles. The fourth-order valence-corrected chi connectivity index (χ4v) is 4.94. The molecular formula is C29H29N5O5S. The van der Waals surface area contributed by atoms with Crippen LogP contribution in [-0.2, 0) is 4.79 Å². The van der Waals surface area contributed by atoms with Gasteiger partial charge in [0.05, 0.1) is 25.5 Å². The number of carbonyl (C=O) groups excluding carboxylic acids is 2. The Labute approximate surface area is 236 Å². The number of methoxy groups -OCH3 is 2. The van der Waals surface area contributed by atoms with E-state index in [0.29, 0.717) is 60.0 Å². The van der Waals surface area contributed by atoms with Gasteiger partial charge in [-0.2, -0.15) is 0 Å². The quantitative estimate of drug-likeness (QED) is 0.298. The van der Waals surface area contributed by atoms with Crippen LogP contribution >= 0.6 is 11.8 Å². The minimum atomic E-state index is -0.178. The molecule has 206 valence electrons. The van der Waals surface area contributed by atoms with Gasteiger partial charge in [0.15, 0.2) is 0 Å². The molecule has 0 atom stereocenters. The van der Waals surface area contributed by atoms with E-state index in [1.54, 1.807) is 32.4 Å². The molecule has 40 heavy (non-hydrogen) atoms. The molecule has 0 spiro atoms. The molecule has 5 rings (SSSR count). The Kier molecular flexibility index (Phi) is 8.50. The van der Waals surface area contributed by atoms with Gasteiger partial charge in [0, 0.05) is 43.1 Å². The maximum absolute atomic E-state index is 13.0. The van der Waals surface area contributed by atoms with Crippen LogP contribution in [0.25, 0.3) is 11.5 Å². The molecule has 0 unspecified atom stereocenters. The molecule has 11 heteroatoms. The Hall–Kier alpha value is -4.51. The fraction of sp³-hybridized carbons (Fsp3) is 0.241. The van der Waals surface area contributed by atoms with Gasteiger partial charge in [0.1, 0.15) is 11.5 Å². The number of amides is 2. The molecule has 1 fully saturated rings. The lowest BCUT2D eigenvalue weighted by atomic mass is 10.1. The van der Waals surface area contributed by atoms with Crippen molar-refractivity contribution in [2.24, 2.45) is 0 Å². The third-order valence-corrected chi connectivity index (χ3v) is 7.29. The molecule has 1 aromatic heterocycles. The number of benzene rings is 3. The maximum atomic E-state index is 13.0. The van der Waals surface area contributed by atoms with Crippen molar-refractivity contribution < 1.29 is 23.5 Å². The molecule has 4 aromatic rings. The minimum Gasteiger partial charge on any atom is -0.497 e. The number of piperazine rings is 1. The smallest absolute Gasteiger partial charge is 0.277 e. The number of hydrogen-bond donors (Lipinski definition) is 1. The van der Waals surface area contributed by atoms with Gasteiger partial charge in [-0.05, 0) is 54.6 Å². The average molecular weight is 560 g/mol. The second-order valence-electron chi connectivity index (χ2n) is 8.97. The predicted octanol–water partition coefficient (Wildman–Crippen LogP) is 4.45. The van der Waals surface area contributed by atoms with E-state index in [1.165, 1.54) is 11.8 Å². The zero-order valence-electron chi connectivity index (χ0n) is 22.2. The predicted molar refractivity (Wildman–Crippen MR) is 153 cm³/mol. The van der Waals surface area contributed by atoms with Crippen molar-refractivity contribution in [2.75, 3.05) is 56.4 Å². The Bertz CT molecular complexity index is 1470. The van der Waals surface area contributed by atoms with E-state index in [2.05, 4.69) is 20.4 Å². The first-order valence-electron chi connectivity index (χ1n) is 12.7. The van der Waals surface area contributed by atoms with Crippen molar-refractivity contribution in [1.29, 1.82) is 0 Å². The summed E-state index contributed by atoms with van der Waals surface area (Å²) in [5.74, 6) is 1.57. The zero-order chi connectivity index (χ0) is 27.9. The van der Waals surface area contributed by atoms with Gasteiger partial charge < -0.3 is 29.0 Å². The highest BCUT2D eigenvalue weighted by atomic mass is 32.2. The number of nitrogens with zero attached hydrogens (tertiary/aromatic N) is 4. The van der Waals surface area contributed by atoms with Crippen LogP contribution < -0.4 is 19.7 Å². The summed E-state index contributed by atoms with van der Waals surface area (Å²) in [4.78, 5) is 29.5. The maximum Gasteiger partial charge on any atom is 0.277 e. The molecule has 1 N–H and O–H groups in total. The lowest BCUT2D eigenvalue weighted by Gasteiger charge is -2.36. The number of carbonyl (C=O) groups is 2. The molecular weight excluding hydrogens is 530 g/mol. The van der Waals surface area contributed by atoms with Crippen LogP contribution in [-0.4, -0.2) is 73.1 Å². The van der Waals surface area contributed by atoms with Gasteiger partial charge in [0.2, 0.25) is 11.8 Å². The number of thioether (sulfide) groups is 1. The lowest BCUT2D eigenvalue weighted by molar-refractivity contribution is -0.113. The molecule has 1 aliphatic heterocycles. The van der Waals surface area contributed by atoms with Crippen molar-refractivity contribution in [3.05, 3.63) is 78.4 Å². The fourth-order valence-electron chi connectivity index (χ4n) is 4.38. The zero-order valence-corrected chi connectivity index (χ0v) is 23.0. The van der Waals surface area contributed by atoms with E-state index in [4.69, 9.17) is 13.9 Å². The van der Waals surface area contributed by atoms with Gasteiger partial charge in [-0.15, -0.1) is 10.2 Å². The van der Waals surface area contributed by atoms with E-state index in [0.717, 1.165) is 11.3 Å². The Morgan fingerprint density at radius 3 is 2.45 bits per heavy atom. The van der Waals surface area contributed by atoms with Gasteiger partial charge in [-0.1, -0.05) is 30.0 Å². The first kappa shape index (κ1) is 27.1. The highest BCUT2D eigenvalue weighted by Crippen LogP contribution is 2.27. The van der Waals surface area contributed by atoms with E-state index in [9.17, 15) is 9.59 Å². The van der Waals surface area contributed by atoms with E-state index in [-0.39, 0.29) is 17.6 Å². The SMILES string of the molecule is COc1cccc(-c2nnc(SCC(=O)Nc3ccc(N4CCN(C(=O)c5ccccc5OC)CC4)cc3)o2)c1. The molecule has 0 bridgehead atoms. The summed E-state index contributed by atoms with van der Waals surface area (Å²) in [5, 5.41) is 11.3. The number of para-hydroxylation sites is 1. The van der Waals surface area contributed by atoms with Crippen LogP contribution in [0.15, 0.2) is 82.4 Å². The van der Waals surface area contributed by atoms with Gasteiger partial charge >= 0.3 is 0 Å². The van der Waals surface area contributed by atoms with E-state index in [1.807, 2.05) is 59.5 Å². The van der Waals surface area contributed by atoms with Crippen molar-refractivity contribution in [3.8, 4) is 23.0 Å². The molecule has 0 radical (unpaired) electrons. The minimum absolute atomic E-state index is 0.0231. The molecule has 2 amide bonds. The number of rotatable bonds is 9. The summed E-state index contributed by atoms with van der Waals surface area (Å²) < 4.78 is 16.3. The Morgan fingerprint density at radius 1 is 0.925 bits per heavy atom. The summed E-state index contributed by atoms with van der Waals surface area (Å²) in [6.45, 7) is 2.65. The highest BCUT2D eigenvalue weighted by Gasteiger charge is 2.24. The van der Waals surface area contributed by atoms with E-state index < -0.39 is 0 Å². The van der Waals surface area contributed by atoms with Crippen molar-refractivity contribution in [1.82, 2.24) is 15.1 Å². The topological polar surface area (TPSA) is 110 Å². The molecule has 0 aliphatic carbocycles. The van der Waals surface area contributed by atoms with Crippen LogP contribution in [0.3, 0.4) is 0 Å². The summed E-state index contributed by atoms with van der Waals surface area (Å²) in [6.07, 6.45) is 0. The van der Waals surface area contributed by atoms with Crippen LogP contribution in [0.1, 0.15) is 10.4 Å². The third-order valence-electron chi connectivity index (χ3n) is 6.47. The summed E-state index contributed by atoms with van der Waals surface area (Å²) in [7, 11) is 3.16. The molecule has 2 heterocycles. The number of aromatic nitrogens is 2. The van der Waals surface area contributed by atoms with Gasteiger partial charge in [0.25, 0.3) is 11.1 Å². The highest BCUT2D eigenvalue weighted by molar-refractivity contribution is 7.99.